The van der Waals surface area contributed by atoms with E-state index >= 15 is 0 Å². The van der Waals surface area contributed by atoms with E-state index in [1.54, 1.807) is 36.2 Å². The summed E-state index contributed by atoms with van der Waals surface area (Å²) in [5, 5.41) is 0. The second-order valence-electron chi connectivity index (χ2n) is 6.63. The van der Waals surface area contributed by atoms with Crippen LogP contribution in [0.2, 0.25) is 0 Å². The van der Waals surface area contributed by atoms with E-state index in [9.17, 15) is 13.2 Å². The van der Waals surface area contributed by atoms with Gasteiger partial charge in [0.1, 0.15) is 0 Å². The van der Waals surface area contributed by atoms with Gasteiger partial charge in [-0.25, -0.2) is 8.42 Å². The lowest BCUT2D eigenvalue weighted by atomic mass is 10.1. The molecule has 0 spiro atoms. The van der Waals surface area contributed by atoms with Gasteiger partial charge in [-0.15, -0.1) is 23.5 Å². The van der Waals surface area contributed by atoms with Crippen LogP contribution in [-0.2, 0) is 9.84 Å². The lowest BCUT2D eigenvalue weighted by Gasteiger charge is -2.26. The van der Waals surface area contributed by atoms with E-state index in [1.165, 1.54) is 23.3 Å². The molecule has 1 aliphatic rings. The Labute approximate surface area is 169 Å². The Bertz CT molecular complexity index is 902. The van der Waals surface area contributed by atoms with Gasteiger partial charge in [-0.1, -0.05) is 24.3 Å². The van der Waals surface area contributed by atoms with Crippen molar-refractivity contribution in [1.29, 1.82) is 0 Å². The molecule has 1 saturated heterocycles. The number of carbonyl (C=O) groups is 1. The highest BCUT2D eigenvalue weighted by atomic mass is 32.2. The van der Waals surface area contributed by atoms with Crippen molar-refractivity contribution >= 4 is 39.3 Å². The highest BCUT2D eigenvalue weighted by molar-refractivity contribution is 8.19. The number of thioether (sulfide) groups is 2. The third-order valence-corrected chi connectivity index (χ3v) is 8.98. The summed E-state index contributed by atoms with van der Waals surface area (Å²) in [5.41, 5.74) is 2.81. The molecule has 27 heavy (non-hydrogen) atoms. The molecule has 7 heteroatoms. The molecule has 1 atom stereocenters. The topological polar surface area (TPSA) is 54.5 Å². The van der Waals surface area contributed by atoms with Crippen LogP contribution in [0.5, 0.6) is 0 Å². The average molecular weight is 422 g/mol. The fourth-order valence-corrected chi connectivity index (χ4v) is 6.42. The fourth-order valence-electron chi connectivity index (χ4n) is 2.93. The van der Waals surface area contributed by atoms with Crippen LogP contribution in [0.15, 0.2) is 53.4 Å². The molecule has 4 nitrogen and oxygen atoms in total. The zero-order chi connectivity index (χ0) is 19.6. The van der Waals surface area contributed by atoms with E-state index in [1.807, 2.05) is 54.7 Å². The molecule has 144 valence electrons. The van der Waals surface area contributed by atoms with Crippen LogP contribution >= 0.6 is 23.5 Å². The normalized spacial score (nSPS) is 16.3. The maximum atomic E-state index is 12.8. The number of carbonyl (C=O) groups excluding carboxylic acids is 1. The van der Waals surface area contributed by atoms with Crippen molar-refractivity contribution in [2.24, 2.45) is 0 Å². The van der Waals surface area contributed by atoms with E-state index in [-0.39, 0.29) is 16.8 Å². The van der Waals surface area contributed by atoms with Gasteiger partial charge in [0.2, 0.25) is 0 Å². The summed E-state index contributed by atoms with van der Waals surface area (Å²) in [6.07, 6.45) is 1.19. The van der Waals surface area contributed by atoms with Crippen molar-refractivity contribution < 1.29 is 13.2 Å². The first kappa shape index (κ1) is 20.3. The minimum atomic E-state index is -3.22. The first-order valence-electron chi connectivity index (χ1n) is 8.68. The van der Waals surface area contributed by atoms with Gasteiger partial charge >= 0.3 is 0 Å². The van der Waals surface area contributed by atoms with Gasteiger partial charge in [-0.05, 0) is 42.3 Å². The first-order chi connectivity index (χ1) is 12.8. The molecule has 0 bridgehead atoms. The molecule has 0 radical (unpaired) electrons. The lowest BCUT2D eigenvalue weighted by molar-refractivity contribution is 0.0742. The highest BCUT2D eigenvalue weighted by Gasteiger charge is 2.21. The van der Waals surface area contributed by atoms with E-state index < -0.39 is 9.84 Å². The molecular weight excluding hydrogens is 398 g/mol. The molecular formula is C20H23NO3S3. The van der Waals surface area contributed by atoms with E-state index in [4.69, 9.17) is 0 Å². The number of amides is 1. The average Bonchev–Trinajstić information content (AvgIpc) is 3.20. The van der Waals surface area contributed by atoms with Crippen LogP contribution in [0.1, 0.15) is 39.0 Å². The summed E-state index contributed by atoms with van der Waals surface area (Å²) in [6.45, 7) is 1.94. The summed E-state index contributed by atoms with van der Waals surface area (Å²) >= 11 is 3.89. The van der Waals surface area contributed by atoms with Gasteiger partial charge in [0.25, 0.3) is 5.91 Å². The Morgan fingerprint density at radius 2 is 1.59 bits per heavy atom. The van der Waals surface area contributed by atoms with Crippen LogP contribution in [0.4, 0.5) is 0 Å². The van der Waals surface area contributed by atoms with Crippen molar-refractivity contribution in [2.75, 3.05) is 24.8 Å². The standard InChI is InChI=1S/C20H23NO3S3/c1-14(15-8-10-18(11-9-15)27(3,23)24)21(2)19(22)16-4-6-17(7-5-16)20-25-12-13-26-20/h4-11,14,20H,12-13H2,1-3H3. The largest absolute Gasteiger partial charge is 0.335 e. The smallest absolute Gasteiger partial charge is 0.254 e. The lowest BCUT2D eigenvalue weighted by Crippen LogP contribution is -2.29. The number of nitrogens with zero attached hydrogens (tertiary/aromatic N) is 1. The maximum absolute atomic E-state index is 12.8. The molecule has 1 unspecified atom stereocenters. The molecule has 0 saturated carbocycles. The van der Waals surface area contributed by atoms with Crippen molar-refractivity contribution in [2.45, 2.75) is 22.4 Å². The molecule has 1 aliphatic heterocycles. The molecule has 0 N–H and O–H groups in total. The summed E-state index contributed by atoms with van der Waals surface area (Å²) in [4.78, 5) is 14.8. The Morgan fingerprint density at radius 3 is 2.11 bits per heavy atom. The molecule has 1 amide bonds. The van der Waals surface area contributed by atoms with Gasteiger partial charge in [0.05, 0.1) is 15.5 Å². The number of hydrogen-bond acceptors (Lipinski definition) is 5. The number of sulfone groups is 1. The zero-order valence-electron chi connectivity index (χ0n) is 15.6. The van der Waals surface area contributed by atoms with Crippen molar-refractivity contribution in [3.63, 3.8) is 0 Å². The third-order valence-electron chi connectivity index (χ3n) is 4.74. The number of benzene rings is 2. The van der Waals surface area contributed by atoms with E-state index in [0.717, 1.165) is 5.56 Å². The molecule has 0 aromatic heterocycles. The summed E-state index contributed by atoms with van der Waals surface area (Å²) in [5.74, 6) is 2.30. The van der Waals surface area contributed by atoms with Crippen molar-refractivity contribution in [3.8, 4) is 0 Å². The molecule has 2 aromatic rings. The van der Waals surface area contributed by atoms with Gasteiger partial charge in [0.15, 0.2) is 9.84 Å². The number of hydrogen-bond donors (Lipinski definition) is 0. The quantitative estimate of drug-likeness (QED) is 0.716. The van der Waals surface area contributed by atoms with Crippen LogP contribution in [0.3, 0.4) is 0 Å². The SMILES string of the molecule is CC(c1ccc(S(C)(=O)=O)cc1)N(C)C(=O)c1ccc(C2SCCS2)cc1. The van der Waals surface area contributed by atoms with Crippen LogP contribution in [-0.4, -0.2) is 44.0 Å². The van der Waals surface area contributed by atoms with Gasteiger partial charge in [-0.2, -0.15) is 0 Å². The van der Waals surface area contributed by atoms with E-state index in [2.05, 4.69) is 0 Å². The Morgan fingerprint density at radius 1 is 1.04 bits per heavy atom. The Hall–Kier alpha value is -1.44. The molecule has 3 rings (SSSR count). The zero-order valence-corrected chi connectivity index (χ0v) is 18.0. The van der Waals surface area contributed by atoms with Gasteiger partial charge in [0, 0.05) is 30.4 Å². The Balaban J connectivity index is 1.72. The molecule has 1 heterocycles. The predicted molar refractivity (Wildman–Crippen MR) is 114 cm³/mol. The number of rotatable bonds is 5. The fraction of sp³-hybridized carbons (Fsp3) is 0.350. The first-order valence-corrected chi connectivity index (χ1v) is 12.7. The minimum Gasteiger partial charge on any atom is -0.335 e. The maximum Gasteiger partial charge on any atom is 0.254 e. The van der Waals surface area contributed by atoms with Crippen molar-refractivity contribution in [1.82, 2.24) is 4.90 Å². The molecule has 2 aromatic carbocycles. The van der Waals surface area contributed by atoms with E-state index in [0.29, 0.717) is 10.1 Å². The second-order valence-corrected chi connectivity index (χ2v) is 11.4. The highest BCUT2D eigenvalue weighted by Crippen LogP contribution is 2.45. The second kappa shape index (κ2) is 8.29. The van der Waals surface area contributed by atoms with Crippen LogP contribution in [0.25, 0.3) is 0 Å². The minimum absolute atomic E-state index is 0.0482. The summed E-state index contributed by atoms with van der Waals surface area (Å²) in [7, 11) is -1.45. The predicted octanol–water partition coefficient (Wildman–Crippen LogP) is 4.40. The molecule has 1 fully saturated rings. The molecule has 0 aliphatic carbocycles. The van der Waals surface area contributed by atoms with Crippen molar-refractivity contribution in [3.05, 3.63) is 65.2 Å². The van der Waals surface area contributed by atoms with Crippen LogP contribution < -0.4 is 0 Å². The monoisotopic (exact) mass is 421 g/mol. The van der Waals surface area contributed by atoms with Gasteiger partial charge in [-0.3, -0.25) is 4.79 Å². The summed E-state index contributed by atoms with van der Waals surface area (Å²) in [6, 6.07) is 14.4. The third kappa shape index (κ3) is 4.70. The van der Waals surface area contributed by atoms with Crippen LogP contribution in [0, 0.1) is 0 Å². The summed E-state index contributed by atoms with van der Waals surface area (Å²) < 4.78 is 23.7. The Kier molecular flexibility index (Phi) is 6.23. The van der Waals surface area contributed by atoms with Gasteiger partial charge < -0.3 is 4.90 Å².